The Morgan fingerprint density at radius 3 is 2.77 bits per heavy atom. The zero-order valence-corrected chi connectivity index (χ0v) is 20.4. The molecule has 5 heteroatoms. The molecular weight excluding hydrogens is 430 g/mol. The Balaban J connectivity index is 1.45. The fourth-order valence-electron chi connectivity index (χ4n) is 4.95. The summed E-state index contributed by atoms with van der Waals surface area (Å²) in [6, 6.07) is 17.3. The molecule has 4 aromatic rings. The molecule has 0 bridgehead atoms. The first-order valence-electron chi connectivity index (χ1n) is 12.3. The van der Waals surface area contributed by atoms with E-state index in [1.165, 1.54) is 43.3 Å². The molecule has 5 nitrogen and oxygen atoms in total. The van der Waals surface area contributed by atoms with E-state index in [1.54, 1.807) is 6.20 Å². The number of piperidine rings is 1. The summed E-state index contributed by atoms with van der Waals surface area (Å²) in [4.78, 5) is 10.3. The predicted octanol–water partition coefficient (Wildman–Crippen LogP) is 6.95. The van der Waals surface area contributed by atoms with Crippen LogP contribution < -0.4 is 5.32 Å². The summed E-state index contributed by atoms with van der Waals surface area (Å²) >= 11 is 0. The van der Waals surface area contributed by atoms with Crippen molar-refractivity contribution in [1.29, 1.82) is 5.26 Å². The fraction of sp³-hybridized carbons (Fsp3) is 0.267. The first kappa shape index (κ1) is 22.9. The van der Waals surface area contributed by atoms with Crippen LogP contribution in [0.3, 0.4) is 0 Å². The molecule has 0 unspecified atom stereocenters. The number of likely N-dealkylation sites (tertiary alicyclic amines) is 1. The van der Waals surface area contributed by atoms with Crippen molar-refractivity contribution in [3.8, 4) is 6.07 Å². The summed E-state index contributed by atoms with van der Waals surface area (Å²) in [5, 5.41) is 14.6. The quantitative estimate of drug-likeness (QED) is 0.326. The van der Waals surface area contributed by atoms with Crippen LogP contribution in [0.2, 0.25) is 0 Å². The topological polar surface area (TPSA) is 67.7 Å². The van der Waals surface area contributed by atoms with Crippen LogP contribution in [0.5, 0.6) is 0 Å². The molecule has 1 fully saturated rings. The molecule has 0 radical (unpaired) electrons. The lowest BCUT2D eigenvalue weighted by molar-refractivity contribution is 0.221. The van der Waals surface area contributed by atoms with Gasteiger partial charge in [0, 0.05) is 46.8 Å². The van der Waals surface area contributed by atoms with E-state index in [0.717, 1.165) is 45.8 Å². The monoisotopic (exact) mass is 461 g/mol. The van der Waals surface area contributed by atoms with Gasteiger partial charge in [-0.1, -0.05) is 42.8 Å². The van der Waals surface area contributed by atoms with E-state index in [0.29, 0.717) is 5.56 Å². The predicted molar refractivity (Wildman–Crippen MR) is 145 cm³/mol. The lowest BCUT2D eigenvalue weighted by Crippen LogP contribution is -2.29. The van der Waals surface area contributed by atoms with E-state index in [-0.39, 0.29) is 0 Å². The van der Waals surface area contributed by atoms with Crippen LogP contribution in [-0.4, -0.2) is 28.0 Å². The molecule has 2 aromatic carbocycles. The molecule has 176 valence electrons. The van der Waals surface area contributed by atoms with Crippen molar-refractivity contribution in [2.45, 2.75) is 39.7 Å². The van der Waals surface area contributed by atoms with Crippen molar-refractivity contribution >= 4 is 34.4 Å². The van der Waals surface area contributed by atoms with Gasteiger partial charge in [0.15, 0.2) is 0 Å². The van der Waals surface area contributed by atoms with Crippen LogP contribution in [0.4, 0.5) is 11.4 Å². The van der Waals surface area contributed by atoms with E-state index < -0.39 is 0 Å². The maximum Gasteiger partial charge on any atom is 0.103 e. The molecule has 5 rings (SSSR count). The number of benzene rings is 2. The van der Waals surface area contributed by atoms with E-state index >= 15 is 0 Å². The van der Waals surface area contributed by atoms with Crippen molar-refractivity contribution in [3.63, 3.8) is 0 Å². The summed E-state index contributed by atoms with van der Waals surface area (Å²) in [6.45, 7) is 7.46. The molecule has 0 amide bonds. The van der Waals surface area contributed by atoms with Gasteiger partial charge in [0.25, 0.3) is 0 Å². The Kier molecular flexibility index (Phi) is 6.65. The van der Waals surface area contributed by atoms with Gasteiger partial charge in [-0.15, -0.1) is 0 Å². The van der Waals surface area contributed by atoms with Gasteiger partial charge >= 0.3 is 0 Å². The normalized spacial score (nSPS) is 14.4. The molecular formula is C30H31N5. The second kappa shape index (κ2) is 10.2. The molecule has 0 atom stereocenters. The number of aromatic amines is 1. The highest BCUT2D eigenvalue weighted by Gasteiger charge is 2.14. The lowest BCUT2D eigenvalue weighted by atomic mass is 10.0. The number of nitrogens with zero attached hydrogens (tertiary/aromatic N) is 3. The number of aryl methyl sites for hydroxylation is 2. The van der Waals surface area contributed by atoms with Gasteiger partial charge in [0.05, 0.1) is 11.3 Å². The van der Waals surface area contributed by atoms with Crippen LogP contribution in [0.15, 0.2) is 54.9 Å². The Morgan fingerprint density at radius 2 is 1.94 bits per heavy atom. The molecule has 0 spiro atoms. The maximum absolute atomic E-state index is 9.83. The van der Waals surface area contributed by atoms with Crippen LogP contribution in [0.25, 0.3) is 23.1 Å². The highest BCUT2D eigenvalue weighted by Crippen LogP contribution is 2.32. The van der Waals surface area contributed by atoms with Gasteiger partial charge in [0.2, 0.25) is 0 Å². The molecule has 0 saturated carbocycles. The van der Waals surface area contributed by atoms with Crippen molar-refractivity contribution in [3.05, 3.63) is 88.4 Å². The van der Waals surface area contributed by atoms with Gasteiger partial charge < -0.3 is 10.3 Å². The van der Waals surface area contributed by atoms with Crippen molar-refractivity contribution in [2.75, 3.05) is 18.4 Å². The third kappa shape index (κ3) is 4.99. The summed E-state index contributed by atoms with van der Waals surface area (Å²) < 4.78 is 0. The first-order valence-corrected chi connectivity index (χ1v) is 12.3. The molecule has 2 N–H and O–H groups in total. The Bertz CT molecular complexity index is 1420. The van der Waals surface area contributed by atoms with Crippen molar-refractivity contribution < 1.29 is 0 Å². The molecule has 1 saturated heterocycles. The van der Waals surface area contributed by atoms with Crippen LogP contribution in [0.1, 0.15) is 52.8 Å². The van der Waals surface area contributed by atoms with Gasteiger partial charge in [-0.2, -0.15) is 5.26 Å². The average Bonchev–Trinajstić information content (AvgIpc) is 3.36. The van der Waals surface area contributed by atoms with E-state index in [4.69, 9.17) is 0 Å². The molecule has 35 heavy (non-hydrogen) atoms. The van der Waals surface area contributed by atoms with E-state index in [9.17, 15) is 5.26 Å². The molecule has 0 aliphatic carbocycles. The van der Waals surface area contributed by atoms with Gasteiger partial charge in [-0.05, 0) is 74.7 Å². The second-order valence-electron chi connectivity index (χ2n) is 9.37. The number of aromatic nitrogens is 2. The zero-order chi connectivity index (χ0) is 24.2. The van der Waals surface area contributed by atoms with Crippen LogP contribution in [0, 0.1) is 25.2 Å². The molecule has 1 aliphatic rings. The molecule has 1 aliphatic heterocycles. The number of H-pyrrole nitrogens is 1. The number of hydrogen-bond donors (Lipinski definition) is 2. The molecule has 2 aromatic heterocycles. The van der Waals surface area contributed by atoms with Gasteiger partial charge in [-0.3, -0.25) is 9.88 Å². The third-order valence-electron chi connectivity index (χ3n) is 6.95. The highest BCUT2D eigenvalue weighted by molar-refractivity contribution is 5.90. The minimum Gasteiger partial charge on any atom is -0.361 e. The number of nitrogens with one attached hydrogen (secondary N) is 2. The van der Waals surface area contributed by atoms with Crippen molar-refractivity contribution in [2.24, 2.45) is 0 Å². The summed E-state index contributed by atoms with van der Waals surface area (Å²) in [5.74, 6) is 0. The highest BCUT2D eigenvalue weighted by atomic mass is 15.1. The summed E-state index contributed by atoms with van der Waals surface area (Å²) in [5.41, 5.74) is 8.84. The minimum absolute atomic E-state index is 0.530. The second-order valence-corrected chi connectivity index (χ2v) is 9.37. The first-order chi connectivity index (χ1) is 17.1. The number of rotatable bonds is 6. The zero-order valence-electron chi connectivity index (χ0n) is 20.4. The van der Waals surface area contributed by atoms with Crippen molar-refractivity contribution in [1.82, 2.24) is 14.9 Å². The van der Waals surface area contributed by atoms with Crippen LogP contribution >= 0.6 is 0 Å². The number of anilines is 2. The Hall–Kier alpha value is -3.88. The fourth-order valence-corrected chi connectivity index (χ4v) is 4.95. The van der Waals surface area contributed by atoms with E-state index in [2.05, 4.69) is 87.8 Å². The number of pyridine rings is 1. The Morgan fingerprint density at radius 1 is 1.09 bits per heavy atom. The standard InChI is InChI=1S/C30H31N5/c1-21-26-13-14-32-29(26)12-11-28(21)34-30-25(18-31)19-33-22(2)27(30)10-9-23-7-6-8-24(17-23)20-35-15-4-3-5-16-35/h6-14,17,19,32H,3-5,15-16,20H2,1-2H3,(H,33,34)/b10-9+. The van der Waals surface area contributed by atoms with Gasteiger partial charge in [0.1, 0.15) is 6.07 Å². The van der Waals surface area contributed by atoms with Crippen LogP contribution in [-0.2, 0) is 6.54 Å². The largest absolute Gasteiger partial charge is 0.361 e. The average molecular weight is 462 g/mol. The number of fused-ring (bicyclic) bond motifs is 1. The van der Waals surface area contributed by atoms with E-state index in [1.807, 2.05) is 13.1 Å². The SMILES string of the molecule is Cc1ncc(C#N)c(Nc2ccc3[nH]ccc3c2C)c1/C=C/c1cccc(CN2CCCCC2)c1. The number of hydrogen-bond acceptors (Lipinski definition) is 4. The smallest absolute Gasteiger partial charge is 0.103 e. The minimum atomic E-state index is 0.530. The summed E-state index contributed by atoms with van der Waals surface area (Å²) in [6.07, 6.45) is 11.8. The summed E-state index contributed by atoms with van der Waals surface area (Å²) in [7, 11) is 0. The number of nitriles is 1. The molecule has 3 heterocycles. The third-order valence-corrected chi connectivity index (χ3v) is 6.95. The lowest BCUT2D eigenvalue weighted by Gasteiger charge is -2.26. The Labute approximate surface area is 207 Å². The maximum atomic E-state index is 9.83. The van der Waals surface area contributed by atoms with Gasteiger partial charge in [-0.25, -0.2) is 0 Å².